The van der Waals surface area contributed by atoms with Gasteiger partial charge in [-0.3, -0.25) is 9.10 Å². The molecule has 1 N–H and O–H groups in total. The molecule has 2 aromatic carbocycles. The number of ether oxygens (including phenoxy) is 1. The van der Waals surface area contributed by atoms with Gasteiger partial charge in [-0.05, 0) is 55.2 Å². The number of benzene rings is 2. The number of carbonyl (C=O) groups is 1. The predicted molar refractivity (Wildman–Crippen MR) is 114 cm³/mol. The molecule has 0 aliphatic carbocycles. The molecule has 0 saturated carbocycles. The first-order valence-corrected chi connectivity index (χ1v) is 11.1. The third-order valence-corrected chi connectivity index (χ3v) is 5.83. The molecule has 0 radical (unpaired) electrons. The average Bonchev–Trinajstić information content (AvgIpc) is 2.66. The number of para-hydroxylation sites is 1. The molecule has 1 atom stereocenters. The second-order valence-corrected chi connectivity index (χ2v) is 8.70. The van der Waals surface area contributed by atoms with Crippen LogP contribution >= 0.6 is 0 Å². The maximum absolute atomic E-state index is 12.8. The van der Waals surface area contributed by atoms with E-state index in [-0.39, 0.29) is 5.91 Å². The maximum atomic E-state index is 12.8. The number of nitrogens with one attached hydrogen (secondary N) is 1. The zero-order chi connectivity index (χ0) is 20.9. The lowest BCUT2D eigenvalue weighted by molar-refractivity contribution is -0.122. The van der Waals surface area contributed by atoms with Crippen molar-refractivity contribution in [2.45, 2.75) is 39.7 Å². The number of sulfonamides is 1. The summed E-state index contributed by atoms with van der Waals surface area (Å²) in [7, 11) is -1.84. The molecule has 1 amide bonds. The van der Waals surface area contributed by atoms with E-state index in [1.165, 1.54) is 11.4 Å². The molecule has 0 fully saturated rings. The van der Waals surface area contributed by atoms with E-state index in [1.807, 2.05) is 39.0 Å². The van der Waals surface area contributed by atoms with Crippen LogP contribution < -0.4 is 14.4 Å². The molecular weight excluding hydrogens is 376 g/mol. The minimum atomic E-state index is -3.33. The zero-order valence-electron chi connectivity index (χ0n) is 17.0. The number of hydrogen-bond donors (Lipinski definition) is 1. The first-order chi connectivity index (χ1) is 13.2. The van der Waals surface area contributed by atoms with Crippen molar-refractivity contribution in [3.8, 4) is 5.75 Å². The summed E-state index contributed by atoms with van der Waals surface area (Å²) in [5.41, 5.74) is 3.45. The van der Waals surface area contributed by atoms with Gasteiger partial charge in [0, 0.05) is 12.7 Å². The Morgan fingerprint density at radius 2 is 1.79 bits per heavy atom. The number of amides is 1. The SMILES string of the molecule is CCc1cccc(C)c1NC(=O)C(CC)Oc1ccc(N(C)S(C)(=O)=O)cc1. The molecule has 2 rings (SSSR count). The summed E-state index contributed by atoms with van der Waals surface area (Å²) in [4.78, 5) is 12.8. The number of nitrogens with zero attached hydrogens (tertiary/aromatic N) is 1. The van der Waals surface area contributed by atoms with Crippen LogP contribution in [-0.2, 0) is 21.2 Å². The van der Waals surface area contributed by atoms with Crippen LogP contribution in [0, 0.1) is 6.92 Å². The number of hydrogen-bond acceptors (Lipinski definition) is 4. The summed E-state index contributed by atoms with van der Waals surface area (Å²) >= 11 is 0. The highest BCUT2D eigenvalue weighted by Crippen LogP contribution is 2.24. The van der Waals surface area contributed by atoms with Gasteiger partial charge in [0.15, 0.2) is 6.10 Å². The number of aryl methyl sites for hydroxylation is 2. The molecule has 6 nitrogen and oxygen atoms in total. The molecule has 0 aromatic heterocycles. The molecule has 1 unspecified atom stereocenters. The minimum Gasteiger partial charge on any atom is -0.481 e. The van der Waals surface area contributed by atoms with Gasteiger partial charge in [0.05, 0.1) is 11.9 Å². The predicted octanol–water partition coefficient (Wildman–Crippen LogP) is 3.75. The van der Waals surface area contributed by atoms with Crippen molar-refractivity contribution in [1.29, 1.82) is 0 Å². The van der Waals surface area contributed by atoms with Crippen LogP contribution in [0.25, 0.3) is 0 Å². The highest BCUT2D eigenvalue weighted by molar-refractivity contribution is 7.92. The number of rotatable bonds is 8. The van der Waals surface area contributed by atoms with Crippen molar-refractivity contribution >= 4 is 27.3 Å². The van der Waals surface area contributed by atoms with Crippen LogP contribution in [0.1, 0.15) is 31.4 Å². The fourth-order valence-corrected chi connectivity index (χ4v) is 3.32. The van der Waals surface area contributed by atoms with Gasteiger partial charge >= 0.3 is 0 Å². The quantitative estimate of drug-likeness (QED) is 0.727. The van der Waals surface area contributed by atoms with Crippen molar-refractivity contribution in [2.75, 3.05) is 22.9 Å². The Kier molecular flexibility index (Phi) is 7.07. The zero-order valence-corrected chi connectivity index (χ0v) is 17.8. The third kappa shape index (κ3) is 5.25. The van der Waals surface area contributed by atoms with Gasteiger partial charge < -0.3 is 10.1 Å². The van der Waals surface area contributed by atoms with E-state index in [0.29, 0.717) is 17.9 Å². The van der Waals surface area contributed by atoms with Crippen LogP contribution in [0.15, 0.2) is 42.5 Å². The van der Waals surface area contributed by atoms with E-state index >= 15 is 0 Å². The van der Waals surface area contributed by atoms with Gasteiger partial charge in [-0.25, -0.2) is 8.42 Å². The summed E-state index contributed by atoms with van der Waals surface area (Å²) in [6.07, 6.45) is 1.82. The highest BCUT2D eigenvalue weighted by Gasteiger charge is 2.20. The Balaban J connectivity index is 2.13. The average molecular weight is 405 g/mol. The second-order valence-electron chi connectivity index (χ2n) is 6.69. The molecule has 0 heterocycles. The molecule has 2 aromatic rings. The largest absolute Gasteiger partial charge is 0.481 e. The van der Waals surface area contributed by atoms with E-state index in [9.17, 15) is 13.2 Å². The standard InChI is InChI=1S/C21H28N2O4S/c1-6-16-10-8-9-15(3)20(16)22-21(24)19(7-2)27-18-13-11-17(12-14-18)23(4)28(5,25)26/h8-14,19H,6-7H2,1-5H3,(H,22,24). The van der Waals surface area contributed by atoms with E-state index < -0.39 is 16.1 Å². The molecular formula is C21H28N2O4S. The van der Waals surface area contributed by atoms with E-state index in [1.54, 1.807) is 24.3 Å². The topological polar surface area (TPSA) is 75.7 Å². The monoisotopic (exact) mass is 404 g/mol. The van der Waals surface area contributed by atoms with Gasteiger partial charge in [0.1, 0.15) is 5.75 Å². The summed E-state index contributed by atoms with van der Waals surface area (Å²) < 4.78 is 30.3. The molecule has 152 valence electrons. The number of anilines is 2. The third-order valence-electron chi connectivity index (χ3n) is 4.63. The Labute approximate surface area is 167 Å². The van der Waals surface area contributed by atoms with Crippen molar-refractivity contribution < 1.29 is 17.9 Å². The molecule has 28 heavy (non-hydrogen) atoms. The summed E-state index contributed by atoms with van der Waals surface area (Å²) in [5, 5.41) is 3.00. The summed E-state index contributed by atoms with van der Waals surface area (Å²) in [6, 6.07) is 12.6. The first kappa shape index (κ1) is 21.8. The smallest absolute Gasteiger partial charge is 0.265 e. The first-order valence-electron chi connectivity index (χ1n) is 9.27. The van der Waals surface area contributed by atoms with Crippen LogP contribution in [0.3, 0.4) is 0 Å². The van der Waals surface area contributed by atoms with E-state index in [4.69, 9.17) is 4.74 Å². The van der Waals surface area contributed by atoms with Crippen molar-refractivity contribution in [1.82, 2.24) is 0 Å². The Morgan fingerprint density at radius 1 is 1.14 bits per heavy atom. The molecule has 0 aliphatic rings. The van der Waals surface area contributed by atoms with Crippen molar-refractivity contribution in [2.24, 2.45) is 0 Å². The molecule has 0 aliphatic heterocycles. The Hall–Kier alpha value is -2.54. The van der Waals surface area contributed by atoms with Gasteiger partial charge in [-0.15, -0.1) is 0 Å². The fourth-order valence-electron chi connectivity index (χ4n) is 2.82. The van der Waals surface area contributed by atoms with Crippen molar-refractivity contribution in [3.05, 3.63) is 53.6 Å². The van der Waals surface area contributed by atoms with E-state index in [2.05, 4.69) is 5.32 Å². The van der Waals surface area contributed by atoms with E-state index in [0.717, 1.165) is 29.5 Å². The maximum Gasteiger partial charge on any atom is 0.265 e. The lowest BCUT2D eigenvalue weighted by Crippen LogP contribution is -2.33. The van der Waals surface area contributed by atoms with Crippen LogP contribution in [0.2, 0.25) is 0 Å². The molecule has 7 heteroatoms. The second kappa shape index (κ2) is 9.10. The molecule has 0 spiro atoms. The Morgan fingerprint density at radius 3 is 2.32 bits per heavy atom. The van der Waals surface area contributed by atoms with Gasteiger partial charge in [0.2, 0.25) is 10.0 Å². The van der Waals surface area contributed by atoms with Crippen molar-refractivity contribution in [3.63, 3.8) is 0 Å². The molecule has 0 saturated heterocycles. The summed E-state index contributed by atoms with van der Waals surface area (Å²) in [5.74, 6) is 0.303. The van der Waals surface area contributed by atoms with Crippen LogP contribution in [0.5, 0.6) is 5.75 Å². The Bertz CT molecular complexity index is 924. The summed E-state index contributed by atoms with van der Waals surface area (Å²) in [6.45, 7) is 5.90. The van der Waals surface area contributed by atoms with Gasteiger partial charge in [-0.1, -0.05) is 32.0 Å². The van der Waals surface area contributed by atoms with Gasteiger partial charge in [-0.2, -0.15) is 0 Å². The normalized spacial score (nSPS) is 12.3. The minimum absolute atomic E-state index is 0.205. The van der Waals surface area contributed by atoms with Crippen LogP contribution in [-0.4, -0.2) is 33.7 Å². The molecule has 0 bridgehead atoms. The van der Waals surface area contributed by atoms with Gasteiger partial charge in [0.25, 0.3) is 5.91 Å². The number of carbonyl (C=O) groups excluding carboxylic acids is 1. The fraction of sp³-hybridized carbons (Fsp3) is 0.381. The lowest BCUT2D eigenvalue weighted by Gasteiger charge is -2.20. The lowest BCUT2D eigenvalue weighted by atomic mass is 10.1. The van der Waals surface area contributed by atoms with Crippen LogP contribution in [0.4, 0.5) is 11.4 Å². The highest BCUT2D eigenvalue weighted by atomic mass is 32.2.